The Morgan fingerprint density at radius 2 is 2.27 bits per heavy atom. The first-order valence-corrected chi connectivity index (χ1v) is 5.75. The molecule has 0 saturated carbocycles. The molecule has 0 spiro atoms. The monoisotopic (exact) mass is 205 g/mol. The van der Waals surface area contributed by atoms with Crippen molar-refractivity contribution >= 4 is 0 Å². The Bertz CT molecular complexity index is 354. The third kappa shape index (κ3) is 2.00. The minimum absolute atomic E-state index is 0.449. The summed E-state index contributed by atoms with van der Waals surface area (Å²) in [6.45, 7) is 6.37. The zero-order valence-electron chi connectivity index (χ0n) is 9.51. The van der Waals surface area contributed by atoms with E-state index in [9.17, 15) is 5.11 Å². The van der Waals surface area contributed by atoms with Gasteiger partial charge in [0.15, 0.2) is 0 Å². The highest BCUT2D eigenvalue weighted by Crippen LogP contribution is 2.30. The molecule has 1 aromatic carbocycles. The van der Waals surface area contributed by atoms with Gasteiger partial charge in [-0.1, -0.05) is 13.0 Å². The van der Waals surface area contributed by atoms with Gasteiger partial charge in [-0.3, -0.25) is 0 Å². The van der Waals surface area contributed by atoms with E-state index in [-0.39, 0.29) is 0 Å². The maximum atomic E-state index is 9.74. The second-order valence-corrected chi connectivity index (χ2v) is 4.38. The van der Waals surface area contributed by atoms with Crippen molar-refractivity contribution in [3.63, 3.8) is 0 Å². The Kier molecular flexibility index (Phi) is 2.96. The molecule has 1 aliphatic heterocycles. The van der Waals surface area contributed by atoms with E-state index in [0.29, 0.717) is 11.7 Å². The van der Waals surface area contributed by atoms with Crippen LogP contribution in [0.4, 0.5) is 0 Å². The van der Waals surface area contributed by atoms with Gasteiger partial charge in [-0.2, -0.15) is 0 Å². The summed E-state index contributed by atoms with van der Waals surface area (Å²) in [5, 5.41) is 13.1. The van der Waals surface area contributed by atoms with Crippen molar-refractivity contribution < 1.29 is 5.11 Å². The van der Waals surface area contributed by atoms with Crippen LogP contribution in [-0.4, -0.2) is 18.2 Å². The van der Waals surface area contributed by atoms with Crippen LogP contribution in [0.15, 0.2) is 12.1 Å². The Morgan fingerprint density at radius 1 is 1.47 bits per heavy atom. The summed E-state index contributed by atoms with van der Waals surface area (Å²) >= 11 is 0. The molecule has 0 bridgehead atoms. The summed E-state index contributed by atoms with van der Waals surface area (Å²) in [6.07, 6.45) is 2.12. The number of hydrogen-bond donors (Lipinski definition) is 2. The standard InChI is InChI=1S/C13H19NO/c1-3-10-7-12(9(2)6-13(10)15)11-4-5-14-8-11/h6-7,11,14-15H,3-5,8H2,1-2H3. The minimum Gasteiger partial charge on any atom is -0.508 e. The molecule has 1 saturated heterocycles. The zero-order chi connectivity index (χ0) is 10.8. The Morgan fingerprint density at radius 3 is 2.87 bits per heavy atom. The van der Waals surface area contributed by atoms with Crippen LogP contribution in [0.2, 0.25) is 0 Å². The van der Waals surface area contributed by atoms with E-state index >= 15 is 0 Å². The number of hydrogen-bond acceptors (Lipinski definition) is 2. The van der Waals surface area contributed by atoms with E-state index in [2.05, 4.69) is 25.2 Å². The van der Waals surface area contributed by atoms with E-state index < -0.39 is 0 Å². The number of rotatable bonds is 2. The summed E-state index contributed by atoms with van der Waals surface area (Å²) in [6, 6.07) is 4.09. The normalized spacial score (nSPS) is 20.8. The maximum absolute atomic E-state index is 9.74. The molecule has 2 N–H and O–H groups in total. The first-order chi connectivity index (χ1) is 7.22. The molecular formula is C13H19NO. The van der Waals surface area contributed by atoms with Crippen LogP contribution in [0.1, 0.15) is 36.0 Å². The summed E-state index contributed by atoms with van der Waals surface area (Å²) in [5.41, 5.74) is 3.70. The molecule has 1 aromatic rings. The molecule has 15 heavy (non-hydrogen) atoms. The van der Waals surface area contributed by atoms with Gasteiger partial charge in [0.1, 0.15) is 5.75 Å². The van der Waals surface area contributed by atoms with Crippen LogP contribution in [-0.2, 0) is 6.42 Å². The van der Waals surface area contributed by atoms with Crippen molar-refractivity contribution in [2.24, 2.45) is 0 Å². The lowest BCUT2D eigenvalue weighted by Gasteiger charge is -2.15. The van der Waals surface area contributed by atoms with Gasteiger partial charge in [0.05, 0.1) is 0 Å². The molecule has 1 heterocycles. The number of phenols is 1. The highest BCUT2D eigenvalue weighted by atomic mass is 16.3. The molecule has 1 fully saturated rings. The summed E-state index contributed by atoms with van der Waals surface area (Å²) in [4.78, 5) is 0. The molecule has 0 amide bonds. The number of aromatic hydroxyl groups is 1. The third-order valence-corrected chi connectivity index (χ3v) is 3.35. The zero-order valence-corrected chi connectivity index (χ0v) is 9.51. The Hall–Kier alpha value is -1.02. The summed E-state index contributed by atoms with van der Waals surface area (Å²) in [7, 11) is 0. The van der Waals surface area contributed by atoms with Gasteiger partial charge >= 0.3 is 0 Å². The van der Waals surface area contributed by atoms with Gasteiger partial charge in [0.25, 0.3) is 0 Å². The fraction of sp³-hybridized carbons (Fsp3) is 0.538. The maximum Gasteiger partial charge on any atom is 0.119 e. The molecule has 0 aliphatic carbocycles. The number of benzene rings is 1. The van der Waals surface area contributed by atoms with Crippen molar-refractivity contribution in [1.82, 2.24) is 5.32 Å². The summed E-state index contributed by atoms with van der Waals surface area (Å²) in [5.74, 6) is 1.08. The molecule has 0 aromatic heterocycles. The molecule has 1 aliphatic rings. The molecule has 1 unspecified atom stereocenters. The lowest BCUT2D eigenvalue weighted by Crippen LogP contribution is -2.09. The van der Waals surface area contributed by atoms with Crippen molar-refractivity contribution in [2.45, 2.75) is 32.6 Å². The summed E-state index contributed by atoms with van der Waals surface area (Å²) < 4.78 is 0. The van der Waals surface area contributed by atoms with Crippen LogP contribution >= 0.6 is 0 Å². The number of aryl methyl sites for hydroxylation is 2. The van der Waals surface area contributed by atoms with Gasteiger partial charge < -0.3 is 10.4 Å². The van der Waals surface area contributed by atoms with Gasteiger partial charge in [0.2, 0.25) is 0 Å². The predicted octanol–water partition coefficient (Wildman–Crippen LogP) is 2.34. The van der Waals surface area contributed by atoms with Gasteiger partial charge in [-0.25, -0.2) is 0 Å². The van der Waals surface area contributed by atoms with E-state index in [4.69, 9.17) is 0 Å². The van der Waals surface area contributed by atoms with Crippen molar-refractivity contribution in [3.05, 3.63) is 28.8 Å². The van der Waals surface area contributed by atoms with Crippen LogP contribution in [0.5, 0.6) is 5.75 Å². The average Bonchev–Trinajstić information content (AvgIpc) is 2.71. The fourth-order valence-corrected chi connectivity index (χ4v) is 2.40. The van der Waals surface area contributed by atoms with Crippen molar-refractivity contribution in [1.29, 1.82) is 0 Å². The largest absolute Gasteiger partial charge is 0.508 e. The third-order valence-electron chi connectivity index (χ3n) is 3.35. The van der Waals surface area contributed by atoms with Crippen LogP contribution < -0.4 is 5.32 Å². The smallest absolute Gasteiger partial charge is 0.119 e. The van der Waals surface area contributed by atoms with Crippen LogP contribution in [0.25, 0.3) is 0 Å². The second-order valence-electron chi connectivity index (χ2n) is 4.38. The molecule has 2 rings (SSSR count). The van der Waals surface area contributed by atoms with Gasteiger partial charge in [0, 0.05) is 6.54 Å². The van der Waals surface area contributed by atoms with Crippen LogP contribution in [0.3, 0.4) is 0 Å². The molecule has 2 nitrogen and oxygen atoms in total. The van der Waals surface area contributed by atoms with Crippen LogP contribution in [0, 0.1) is 6.92 Å². The SMILES string of the molecule is CCc1cc(C2CCNC2)c(C)cc1O. The number of nitrogens with one attached hydrogen (secondary N) is 1. The van der Waals surface area contributed by atoms with Gasteiger partial charge in [-0.05, 0) is 55.0 Å². The van der Waals surface area contributed by atoms with Crippen molar-refractivity contribution in [3.8, 4) is 5.75 Å². The Labute approximate surface area is 91.3 Å². The number of phenolic OH excluding ortho intramolecular Hbond substituents is 1. The molecule has 82 valence electrons. The molecule has 0 radical (unpaired) electrons. The highest BCUT2D eigenvalue weighted by molar-refractivity contribution is 5.43. The van der Waals surface area contributed by atoms with E-state index in [1.807, 2.05) is 6.07 Å². The molecular weight excluding hydrogens is 186 g/mol. The highest BCUT2D eigenvalue weighted by Gasteiger charge is 2.19. The van der Waals surface area contributed by atoms with E-state index in [1.54, 1.807) is 0 Å². The Balaban J connectivity index is 2.37. The van der Waals surface area contributed by atoms with E-state index in [1.165, 1.54) is 17.5 Å². The first kappa shape index (κ1) is 10.5. The van der Waals surface area contributed by atoms with Gasteiger partial charge in [-0.15, -0.1) is 0 Å². The molecule has 1 atom stereocenters. The van der Waals surface area contributed by atoms with E-state index in [0.717, 1.165) is 25.1 Å². The molecule has 2 heteroatoms. The minimum atomic E-state index is 0.449. The predicted molar refractivity (Wildman–Crippen MR) is 62.4 cm³/mol. The lowest BCUT2D eigenvalue weighted by atomic mass is 9.91. The quantitative estimate of drug-likeness (QED) is 0.776. The fourth-order valence-electron chi connectivity index (χ4n) is 2.40. The first-order valence-electron chi connectivity index (χ1n) is 5.75. The van der Waals surface area contributed by atoms with Crippen molar-refractivity contribution in [2.75, 3.05) is 13.1 Å². The topological polar surface area (TPSA) is 32.3 Å². The average molecular weight is 205 g/mol. The second kappa shape index (κ2) is 4.23. The lowest BCUT2D eigenvalue weighted by molar-refractivity contribution is 0.467.